The zero-order valence-corrected chi connectivity index (χ0v) is 25.3. The summed E-state index contributed by atoms with van der Waals surface area (Å²) in [6.45, 7) is 6.89. The van der Waals surface area contributed by atoms with Gasteiger partial charge in [0.1, 0.15) is 0 Å². The molecule has 9 nitrogen and oxygen atoms in total. The van der Waals surface area contributed by atoms with Crippen LogP contribution in [0.5, 0.6) is 11.5 Å². The van der Waals surface area contributed by atoms with Gasteiger partial charge in [0.05, 0.1) is 32.6 Å². The van der Waals surface area contributed by atoms with Gasteiger partial charge in [-0.05, 0) is 59.1 Å². The lowest BCUT2D eigenvalue weighted by atomic mass is 9.77. The monoisotopic (exact) mass is 634 g/mol. The Kier molecular flexibility index (Phi) is 10.7. The van der Waals surface area contributed by atoms with Crippen molar-refractivity contribution in [2.45, 2.75) is 76.9 Å². The van der Waals surface area contributed by atoms with E-state index in [0.717, 1.165) is 25.8 Å². The van der Waals surface area contributed by atoms with Gasteiger partial charge in [0.25, 0.3) is 0 Å². The predicted molar refractivity (Wildman–Crippen MR) is 153 cm³/mol. The molecule has 246 valence electrons. The number of hydrogen-bond donors (Lipinski definition) is 2. The number of anilines is 3. The molecule has 15 heteroatoms. The Labute approximate surface area is 253 Å². The number of hydrogen-bond acceptors (Lipinski definition) is 9. The standard InChI is InChI=1S/C29H40F6N6O3/c1-27(2)15-20(16-28(3,4)41(27)18-29(33,34)35)37-24-21(30)17-36-26(39-24)38-19-6-7-22(23(14-19)44-25(31)32)43-11-5-8-40-9-12-42-13-10-40/h6-7,14,17,20,25H,5,8-13,15-16,18H2,1-4H3,(H2,36,37,38,39). The topological polar surface area (TPSA) is 84.0 Å². The van der Waals surface area contributed by atoms with Crippen molar-refractivity contribution in [1.29, 1.82) is 0 Å². The van der Waals surface area contributed by atoms with Crippen LogP contribution in [0.3, 0.4) is 0 Å². The maximum absolute atomic E-state index is 14.8. The van der Waals surface area contributed by atoms with Gasteiger partial charge in [-0.2, -0.15) is 26.9 Å². The van der Waals surface area contributed by atoms with E-state index in [1.165, 1.54) is 17.0 Å². The number of likely N-dealkylation sites (tertiary alicyclic amines) is 1. The third-order valence-corrected chi connectivity index (χ3v) is 7.77. The molecule has 0 bridgehead atoms. The smallest absolute Gasteiger partial charge is 0.401 e. The fourth-order valence-corrected chi connectivity index (χ4v) is 6.07. The quantitative estimate of drug-likeness (QED) is 0.214. The molecule has 3 heterocycles. The molecule has 1 aromatic carbocycles. The highest BCUT2D eigenvalue weighted by Crippen LogP contribution is 2.41. The van der Waals surface area contributed by atoms with E-state index < -0.39 is 36.2 Å². The minimum absolute atomic E-state index is 0.0240. The first-order valence-electron chi connectivity index (χ1n) is 14.5. The summed E-state index contributed by atoms with van der Waals surface area (Å²) >= 11 is 0. The molecule has 2 aliphatic heterocycles. The van der Waals surface area contributed by atoms with Crippen molar-refractivity contribution in [2.24, 2.45) is 0 Å². The van der Waals surface area contributed by atoms with Gasteiger partial charge < -0.3 is 24.8 Å². The Morgan fingerprint density at radius 1 is 1.07 bits per heavy atom. The summed E-state index contributed by atoms with van der Waals surface area (Å²) in [5.41, 5.74) is -1.39. The molecule has 0 atom stereocenters. The number of halogens is 6. The van der Waals surface area contributed by atoms with Crippen LogP contribution in [0.2, 0.25) is 0 Å². The molecule has 0 radical (unpaired) electrons. The van der Waals surface area contributed by atoms with Crippen LogP contribution in [-0.4, -0.2) is 95.7 Å². The molecule has 2 N–H and O–H groups in total. The van der Waals surface area contributed by atoms with Gasteiger partial charge in [0.2, 0.25) is 5.95 Å². The van der Waals surface area contributed by atoms with Crippen molar-refractivity contribution in [1.82, 2.24) is 19.8 Å². The average molecular weight is 635 g/mol. The molecule has 44 heavy (non-hydrogen) atoms. The lowest BCUT2D eigenvalue weighted by molar-refractivity contribution is -0.181. The first-order valence-corrected chi connectivity index (χ1v) is 14.5. The van der Waals surface area contributed by atoms with Gasteiger partial charge in [-0.1, -0.05) is 0 Å². The maximum atomic E-state index is 14.8. The third kappa shape index (κ3) is 9.48. The molecule has 1 aromatic heterocycles. The van der Waals surface area contributed by atoms with Crippen molar-refractivity contribution < 1.29 is 40.6 Å². The van der Waals surface area contributed by atoms with Gasteiger partial charge in [0, 0.05) is 48.5 Å². The maximum Gasteiger partial charge on any atom is 0.401 e. The van der Waals surface area contributed by atoms with Gasteiger partial charge in [0.15, 0.2) is 23.1 Å². The van der Waals surface area contributed by atoms with Crippen LogP contribution in [0.15, 0.2) is 24.4 Å². The summed E-state index contributed by atoms with van der Waals surface area (Å²) in [5.74, 6) is -0.947. The van der Waals surface area contributed by atoms with Crippen molar-refractivity contribution in [3.8, 4) is 11.5 Å². The number of aromatic nitrogens is 2. The van der Waals surface area contributed by atoms with Crippen LogP contribution in [-0.2, 0) is 4.74 Å². The average Bonchev–Trinajstić information content (AvgIpc) is 2.91. The molecular formula is C29H40F6N6O3. The second-order valence-electron chi connectivity index (χ2n) is 12.3. The number of benzene rings is 1. The third-order valence-electron chi connectivity index (χ3n) is 7.77. The van der Waals surface area contributed by atoms with Crippen LogP contribution >= 0.6 is 0 Å². The fourth-order valence-electron chi connectivity index (χ4n) is 6.07. The highest BCUT2D eigenvalue weighted by Gasteiger charge is 2.49. The summed E-state index contributed by atoms with van der Waals surface area (Å²) in [5, 5.41) is 5.90. The summed E-state index contributed by atoms with van der Waals surface area (Å²) in [4.78, 5) is 11.8. The number of alkyl halides is 5. The predicted octanol–water partition coefficient (Wildman–Crippen LogP) is 6.06. The highest BCUT2D eigenvalue weighted by atomic mass is 19.4. The molecule has 2 saturated heterocycles. The molecule has 0 saturated carbocycles. The van der Waals surface area contributed by atoms with Gasteiger partial charge in [-0.15, -0.1) is 0 Å². The van der Waals surface area contributed by atoms with Crippen molar-refractivity contribution in [3.05, 3.63) is 30.2 Å². The SMILES string of the molecule is CC1(C)CC(Nc2nc(Nc3ccc(OCCCN4CCOCC4)c(OC(F)F)c3)ncc2F)CC(C)(C)N1CC(F)(F)F. The molecule has 0 spiro atoms. The zero-order valence-electron chi connectivity index (χ0n) is 25.3. The van der Waals surface area contributed by atoms with E-state index in [9.17, 15) is 26.3 Å². The van der Waals surface area contributed by atoms with Gasteiger partial charge in [-0.3, -0.25) is 9.80 Å². The summed E-state index contributed by atoms with van der Waals surface area (Å²) < 4.78 is 96.8. The number of morpholine rings is 1. The fraction of sp³-hybridized carbons (Fsp3) is 0.655. The van der Waals surface area contributed by atoms with E-state index in [2.05, 4.69) is 30.2 Å². The molecule has 0 unspecified atom stereocenters. The van der Waals surface area contributed by atoms with Crippen molar-refractivity contribution in [2.75, 3.05) is 56.6 Å². The molecule has 0 amide bonds. The van der Waals surface area contributed by atoms with Crippen molar-refractivity contribution in [3.63, 3.8) is 0 Å². The minimum atomic E-state index is -4.36. The summed E-state index contributed by atoms with van der Waals surface area (Å²) in [6, 6.07) is 3.98. The lowest BCUT2D eigenvalue weighted by Gasteiger charge is -2.55. The lowest BCUT2D eigenvalue weighted by Crippen LogP contribution is -2.64. The molecule has 2 aliphatic rings. The van der Waals surface area contributed by atoms with Gasteiger partial charge in [-0.25, -0.2) is 9.37 Å². The molecule has 4 rings (SSSR count). The Balaban J connectivity index is 1.42. The van der Waals surface area contributed by atoms with Crippen molar-refractivity contribution >= 4 is 17.5 Å². The molecule has 2 fully saturated rings. The number of nitrogens with one attached hydrogen (secondary N) is 2. The minimum Gasteiger partial charge on any atom is -0.490 e. The van der Waals surface area contributed by atoms with E-state index in [-0.39, 0.29) is 29.3 Å². The van der Waals surface area contributed by atoms with Gasteiger partial charge >= 0.3 is 12.8 Å². The number of nitrogens with zero attached hydrogens (tertiary/aromatic N) is 4. The molecule has 0 aliphatic carbocycles. The van der Waals surface area contributed by atoms with E-state index in [4.69, 9.17) is 9.47 Å². The summed E-state index contributed by atoms with van der Waals surface area (Å²) in [7, 11) is 0. The number of piperidine rings is 1. The van der Waals surface area contributed by atoms with E-state index in [0.29, 0.717) is 44.8 Å². The Bertz CT molecular complexity index is 1220. The highest BCUT2D eigenvalue weighted by molar-refractivity contribution is 5.60. The van der Waals surface area contributed by atoms with Crippen LogP contribution in [0, 0.1) is 5.82 Å². The van der Waals surface area contributed by atoms with E-state index in [1.807, 2.05) is 0 Å². The Hall–Kier alpha value is -3.04. The summed E-state index contributed by atoms with van der Waals surface area (Å²) in [6.07, 6.45) is -2.11. The first-order chi connectivity index (χ1) is 20.6. The Morgan fingerprint density at radius 3 is 2.39 bits per heavy atom. The van der Waals surface area contributed by atoms with E-state index >= 15 is 0 Å². The second-order valence-corrected chi connectivity index (χ2v) is 12.3. The second kappa shape index (κ2) is 13.9. The normalized spacial score (nSPS) is 19.6. The van der Waals surface area contributed by atoms with Crippen LogP contribution in [0.25, 0.3) is 0 Å². The largest absolute Gasteiger partial charge is 0.490 e. The first kappa shape index (κ1) is 33.8. The zero-order chi connectivity index (χ0) is 32.1. The van der Waals surface area contributed by atoms with Crippen LogP contribution < -0.4 is 20.1 Å². The Morgan fingerprint density at radius 2 is 1.75 bits per heavy atom. The van der Waals surface area contributed by atoms with Crippen LogP contribution in [0.1, 0.15) is 47.0 Å². The number of rotatable bonds is 12. The number of ether oxygens (including phenoxy) is 3. The van der Waals surface area contributed by atoms with E-state index in [1.54, 1.807) is 33.8 Å². The molecule has 2 aromatic rings. The van der Waals surface area contributed by atoms with Crippen LogP contribution in [0.4, 0.5) is 43.8 Å². The molecular weight excluding hydrogens is 594 g/mol.